The highest BCUT2D eigenvalue weighted by atomic mass is 32.2. The first kappa shape index (κ1) is 21.2. The second-order valence-electron chi connectivity index (χ2n) is 8.24. The maximum atomic E-state index is 13.2. The van der Waals surface area contributed by atoms with Crippen molar-refractivity contribution in [3.63, 3.8) is 0 Å². The fourth-order valence-electron chi connectivity index (χ4n) is 4.36. The van der Waals surface area contributed by atoms with Gasteiger partial charge in [-0.05, 0) is 36.5 Å². The fourth-order valence-corrected chi connectivity index (χ4v) is 5.37. The van der Waals surface area contributed by atoms with E-state index in [-0.39, 0.29) is 18.1 Å². The molecule has 0 spiro atoms. The summed E-state index contributed by atoms with van der Waals surface area (Å²) in [6.07, 6.45) is 2.81. The number of carbonyl (C=O) groups excluding carboxylic acids is 1. The lowest BCUT2D eigenvalue weighted by atomic mass is 10.0. The van der Waals surface area contributed by atoms with Crippen molar-refractivity contribution in [1.82, 2.24) is 9.80 Å². The number of likely N-dealkylation sites (N-methyl/N-ethyl adjacent to an activating group) is 1. The summed E-state index contributed by atoms with van der Waals surface area (Å²) in [5, 5.41) is 13.4. The number of aliphatic hydroxyl groups excluding tert-OH is 1. The van der Waals surface area contributed by atoms with Crippen molar-refractivity contribution in [3.05, 3.63) is 59.7 Å². The zero-order valence-electron chi connectivity index (χ0n) is 17.6. The van der Waals surface area contributed by atoms with Crippen LogP contribution in [0.2, 0.25) is 0 Å². The zero-order chi connectivity index (χ0) is 20.9. The first-order chi connectivity index (χ1) is 14.6. The maximum Gasteiger partial charge on any atom is 0.233 e. The molecule has 160 valence electrons. The SMILES string of the molecule is CN(C(=O)CSc1cccc2c1NCCC2)[C@H](CN1CCC(O)C1)c1ccccc1. The van der Waals surface area contributed by atoms with E-state index in [0.717, 1.165) is 49.4 Å². The molecule has 2 heterocycles. The maximum absolute atomic E-state index is 13.2. The lowest BCUT2D eigenvalue weighted by Crippen LogP contribution is -2.39. The normalized spacial score (nSPS) is 19.7. The van der Waals surface area contributed by atoms with E-state index in [1.54, 1.807) is 11.8 Å². The minimum absolute atomic E-state index is 0.0209. The summed E-state index contributed by atoms with van der Waals surface area (Å²) in [5.41, 5.74) is 3.69. The molecule has 2 atom stereocenters. The van der Waals surface area contributed by atoms with Gasteiger partial charge in [-0.15, -0.1) is 11.8 Å². The van der Waals surface area contributed by atoms with E-state index in [2.05, 4.69) is 40.5 Å². The number of β-amino-alcohol motifs (C(OH)–C–C–N with tert-alkyl or cyclic N) is 1. The third-order valence-electron chi connectivity index (χ3n) is 6.11. The number of nitrogens with zero attached hydrogens (tertiary/aromatic N) is 2. The molecule has 30 heavy (non-hydrogen) atoms. The molecule has 2 aliphatic heterocycles. The van der Waals surface area contributed by atoms with Crippen LogP contribution in [0.5, 0.6) is 0 Å². The predicted octanol–water partition coefficient (Wildman–Crippen LogP) is 3.40. The molecular weight excluding hydrogens is 394 g/mol. The molecule has 1 amide bonds. The summed E-state index contributed by atoms with van der Waals surface area (Å²) < 4.78 is 0. The van der Waals surface area contributed by atoms with Crippen LogP contribution in [0.4, 0.5) is 5.69 Å². The Morgan fingerprint density at radius 2 is 2.10 bits per heavy atom. The summed E-state index contributed by atoms with van der Waals surface area (Å²) in [4.78, 5) is 18.5. The molecule has 2 N–H and O–H groups in total. The quantitative estimate of drug-likeness (QED) is 0.666. The Balaban J connectivity index is 1.44. The van der Waals surface area contributed by atoms with Crippen LogP contribution >= 0.6 is 11.8 Å². The van der Waals surface area contributed by atoms with Gasteiger partial charge < -0.3 is 15.3 Å². The Morgan fingerprint density at radius 1 is 1.27 bits per heavy atom. The highest BCUT2D eigenvalue weighted by Gasteiger charge is 2.28. The second kappa shape index (κ2) is 9.86. The van der Waals surface area contributed by atoms with Crippen LogP contribution in [-0.2, 0) is 11.2 Å². The molecule has 0 aliphatic carbocycles. The first-order valence-electron chi connectivity index (χ1n) is 10.8. The molecule has 1 fully saturated rings. The van der Waals surface area contributed by atoms with Crippen LogP contribution in [0.15, 0.2) is 53.4 Å². The van der Waals surface area contributed by atoms with E-state index in [0.29, 0.717) is 12.3 Å². The summed E-state index contributed by atoms with van der Waals surface area (Å²) in [5.74, 6) is 0.544. The van der Waals surface area contributed by atoms with Gasteiger partial charge in [0.05, 0.1) is 23.6 Å². The van der Waals surface area contributed by atoms with Crippen molar-refractivity contribution in [2.75, 3.05) is 44.3 Å². The molecule has 1 unspecified atom stereocenters. The number of benzene rings is 2. The van der Waals surface area contributed by atoms with Crippen molar-refractivity contribution in [2.24, 2.45) is 0 Å². The monoisotopic (exact) mass is 425 g/mol. The van der Waals surface area contributed by atoms with E-state index in [1.165, 1.54) is 11.3 Å². The minimum Gasteiger partial charge on any atom is -0.392 e. The van der Waals surface area contributed by atoms with E-state index >= 15 is 0 Å². The number of anilines is 1. The van der Waals surface area contributed by atoms with Gasteiger partial charge in [-0.2, -0.15) is 0 Å². The second-order valence-corrected chi connectivity index (χ2v) is 9.26. The Labute approximate surface area is 183 Å². The number of amides is 1. The van der Waals surface area contributed by atoms with Crippen LogP contribution in [0, 0.1) is 0 Å². The average molecular weight is 426 g/mol. The summed E-state index contributed by atoms with van der Waals surface area (Å²) in [7, 11) is 1.91. The topological polar surface area (TPSA) is 55.8 Å². The van der Waals surface area contributed by atoms with Crippen LogP contribution in [0.25, 0.3) is 0 Å². The van der Waals surface area contributed by atoms with Crippen molar-refractivity contribution < 1.29 is 9.90 Å². The average Bonchev–Trinajstić information content (AvgIpc) is 3.20. The largest absolute Gasteiger partial charge is 0.392 e. The minimum atomic E-state index is -0.255. The van der Waals surface area contributed by atoms with Gasteiger partial charge >= 0.3 is 0 Å². The number of likely N-dealkylation sites (tertiary alicyclic amines) is 1. The highest BCUT2D eigenvalue weighted by Crippen LogP contribution is 2.34. The van der Waals surface area contributed by atoms with E-state index < -0.39 is 0 Å². The van der Waals surface area contributed by atoms with Crippen LogP contribution < -0.4 is 5.32 Å². The molecule has 2 aromatic rings. The number of rotatable bonds is 7. The van der Waals surface area contributed by atoms with E-state index in [9.17, 15) is 9.90 Å². The summed E-state index contributed by atoms with van der Waals surface area (Å²) in [6, 6.07) is 16.6. The number of hydrogen-bond acceptors (Lipinski definition) is 5. The molecule has 0 radical (unpaired) electrons. The van der Waals surface area contributed by atoms with Gasteiger partial charge in [0.1, 0.15) is 0 Å². The van der Waals surface area contributed by atoms with Crippen molar-refractivity contribution in [2.45, 2.75) is 36.3 Å². The van der Waals surface area contributed by atoms with Crippen LogP contribution in [-0.4, -0.2) is 65.9 Å². The summed E-state index contributed by atoms with van der Waals surface area (Å²) >= 11 is 1.62. The molecule has 6 heteroatoms. The first-order valence-corrected chi connectivity index (χ1v) is 11.8. The Morgan fingerprint density at radius 3 is 2.87 bits per heavy atom. The molecule has 4 rings (SSSR count). The van der Waals surface area contributed by atoms with Crippen molar-refractivity contribution >= 4 is 23.4 Å². The number of aliphatic hydroxyl groups is 1. The molecule has 0 bridgehead atoms. The Kier molecular flexibility index (Phi) is 6.97. The van der Waals surface area contributed by atoms with Crippen LogP contribution in [0.3, 0.4) is 0 Å². The molecular formula is C24H31N3O2S. The Hall–Kier alpha value is -2.02. The van der Waals surface area contributed by atoms with Gasteiger partial charge in [0.2, 0.25) is 5.91 Å². The van der Waals surface area contributed by atoms with E-state index in [4.69, 9.17) is 0 Å². The molecule has 0 aromatic heterocycles. The zero-order valence-corrected chi connectivity index (χ0v) is 18.4. The van der Waals surface area contributed by atoms with Gasteiger partial charge in [0.25, 0.3) is 0 Å². The molecule has 2 aromatic carbocycles. The number of carbonyl (C=O) groups is 1. The number of hydrogen-bond donors (Lipinski definition) is 2. The van der Waals surface area contributed by atoms with Crippen molar-refractivity contribution in [3.8, 4) is 0 Å². The molecule has 1 saturated heterocycles. The molecule has 0 saturated carbocycles. The standard InChI is InChI=1S/C24H31N3O2S/c1-26(21(18-7-3-2-4-8-18)16-27-14-12-20(28)15-27)23(29)17-30-22-11-5-9-19-10-6-13-25-24(19)22/h2-5,7-9,11,20-21,25,28H,6,10,12-17H2,1H3/t20?,21-/m1/s1. The Bertz CT molecular complexity index is 861. The van der Waals surface area contributed by atoms with Crippen LogP contribution in [0.1, 0.15) is 30.0 Å². The number of thioether (sulfide) groups is 1. The van der Waals surface area contributed by atoms with Gasteiger partial charge in [0, 0.05) is 38.1 Å². The predicted molar refractivity (Wildman–Crippen MR) is 123 cm³/mol. The number of nitrogens with one attached hydrogen (secondary N) is 1. The lowest BCUT2D eigenvalue weighted by Gasteiger charge is -2.32. The number of fused-ring (bicyclic) bond motifs is 1. The lowest BCUT2D eigenvalue weighted by molar-refractivity contribution is -0.129. The number of aryl methyl sites for hydroxylation is 1. The molecule has 5 nitrogen and oxygen atoms in total. The third-order valence-corrected chi connectivity index (χ3v) is 7.15. The van der Waals surface area contributed by atoms with Crippen molar-refractivity contribution in [1.29, 1.82) is 0 Å². The summed E-state index contributed by atoms with van der Waals surface area (Å²) in [6.45, 7) is 3.30. The fraction of sp³-hybridized carbons (Fsp3) is 0.458. The smallest absolute Gasteiger partial charge is 0.233 e. The van der Waals surface area contributed by atoms with E-state index in [1.807, 2.05) is 30.1 Å². The van der Waals surface area contributed by atoms with Gasteiger partial charge in [-0.3, -0.25) is 9.69 Å². The number of para-hydroxylation sites is 1. The van der Waals surface area contributed by atoms with Gasteiger partial charge in [0.15, 0.2) is 0 Å². The highest BCUT2D eigenvalue weighted by molar-refractivity contribution is 8.00. The van der Waals surface area contributed by atoms with Gasteiger partial charge in [-0.25, -0.2) is 0 Å². The third kappa shape index (κ3) is 4.99. The molecule has 2 aliphatic rings. The van der Waals surface area contributed by atoms with Gasteiger partial charge in [-0.1, -0.05) is 42.5 Å².